The molecule has 0 aliphatic heterocycles. The van der Waals surface area contributed by atoms with E-state index in [2.05, 4.69) is 31.2 Å². The molecule has 0 saturated heterocycles. The molecule has 10 heteroatoms. The number of carbonyl (C=O) groups excluding carboxylic acids is 1. The molecule has 0 aliphatic rings. The molecule has 0 saturated carbocycles. The third kappa shape index (κ3) is 4.91. The Kier molecular flexibility index (Phi) is 6.87. The molecule has 0 fully saturated rings. The number of ether oxygens (including phenoxy) is 1. The van der Waals surface area contributed by atoms with E-state index in [4.69, 9.17) is 4.74 Å². The Morgan fingerprint density at radius 1 is 1.12 bits per heavy atom. The zero-order valence-electron chi connectivity index (χ0n) is 18.6. The van der Waals surface area contributed by atoms with Crippen LogP contribution in [0.15, 0.2) is 68.9 Å². The summed E-state index contributed by atoms with van der Waals surface area (Å²) >= 11 is 3.40. The first-order chi connectivity index (χ1) is 16.4. The average Bonchev–Trinajstić information content (AvgIpc) is 2.84. The number of nitrogens with zero attached hydrogens (tertiary/aromatic N) is 4. The minimum absolute atomic E-state index is 0.0799. The summed E-state index contributed by atoms with van der Waals surface area (Å²) in [6.07, 6.45) is 2.98. The van der Waals surface area contributed by atoms with E-state index in [1.165, 1.54) is 16.8 Å². The molecule has 9 nitrogen and oxygen atoms in total. The van der Waals surface area contributed by atoms with Crippen LogP contribution in [-0.4, -0.2) is 31.6 Å². The summed E-state index contributed by atoms with van der Waals surface area (Å²) < 4.78 is 8.73. The van der Waals surface area contributed by atoms with Crippen LogP contribution in [0.2, 0.25) is 0 Å². The summed E-state index contributed by atoms with van der Waals surface area (Å²) in [5.41, 5.74) is 1.10. The van der Waals surface area contributed by atoms with Crippen LogP contribution in [0.3, 0.4) is 0 Å². The van der Waals surface area contributed by atoms with Crippen LogP contribution in [0.25, 0.3) is 10.9 Å². The molecule has 1 aromatic carbocycles. The molecule has 1 N–H and O–H groups in total. The van der Waals surface area contributed by atoms with Gasteiger partial charge in [-0.2, -0.15) is 0 Å². The van der Waals surface area contributed by atoms with E-state index < -0.39 is 17.2 Å². The number of aromatic nitrogens is 4. The molecule has 4 aromatic rings. The number of carbonyl (C=O) groups is 1. The van der Waals surface area contributed by atoms with Crippen molar-refractivity contribution in [2.45, 2.75) is 20.0 Å². The van der Waals surface area contributed by atoms with Gasteiger partial charge < -0.3 is 10.1 Å². The van der Waals surface area contributed by atoms with Crippen LogP contribution in [0, 0.1) is 0 Å². The highest BCUT2D eigenvalue weighted by Crippen LogP contribution is 2.13. The van der Waals surface area contributed by atoms with Crippen LogP contribution >= 0.6 is 15.9 Å². The van der Waals surface area contributed by atoms with Gasteiger partial charge in [0.1, 0.15) is 5.69 Å². The summed E-state index contributed by atoms with van der Waals surface area (Å²) in [6.45, 7) is 2.70. The van der Waals surface area contributed by atoms with E-state index in [0.717, 1.165) is 20.2 Å². The van der Waals surface area contributed by atoms with Crippen molar-refractivity contribution in [1.82, 2.24) is 24.4 Å². The Morgan fingerprint density at radius 2 is 1.94 bits per heavy atom. The maximum atomic E-state index is 13.2. The summed E-state index contributed by atoms with van der Waals surface area (Å²) in [4.78, 5) is 47.1. The minimum atomic E-state index is -0.481. The first-order valence-corrected chi connectivity index (χ1v) is 11.4. The number of rotatable bonds is 7. The highest BCUT2D eigenvalue weighted by Gasteiger charge is 2.15. The lowest BCUT2D eigenvalue weighted by Gasteiger charge is -2.12. The fourth-order valence-corrected chi connectivity index (χ4v) is 3.99. The number of benzene rings is 1. The van der Waals surface area contributed by atoms with Crippen molar-refractivity contribution in [3.8, 4) is 5.88 Å². The first-order valence-electron chi connectivity index (χ1n) is 10.6. The molecule has 34 heavy (non-hydrogen) atoms. The molecule has 1 amide bonds. The average molecular weight is 524 g/mol. The molecule has 174 valence electrons. The maximum absolute atomic E-state index is 13.2. The van der Waals surface area contributed by atoms with Crippen molar-refractivity contribution in [1.29, 1.82) is 0 Å². The van der Waals surface area contributed by atoms with Crippen molar-refractivity contribution in [2.75, 3.05) is 6.61 Å². The SMILES string of the molecule is CCOc1cc(CNC(=O)c2cc3c(=O)n(Cc4cccc(Br)c4)c(=O)n(C)c3cn2)ccn1. The first kappa shape index (κ1) is 23.4. The topological polar surface area (TPSA) is 108 Å². The highest BCUT2D eigenvalue weighted by atomic mass is 79.9. The number of hydrogen-bond donors (Lipinski definition) is 1. The van der Waals surface area contributed by atoms with E-state index in [1.807, 2.05) is 31.2 Å². The van der Waals surface area contributed by atoms with Crippen LogP contribution in [0.1, 0.15) is 28.5 Å². The molecule has 0 aliphatic carbocycles. The molecule has 0 radical (unpaired) electrons. The van der Waals surface area contributed by atoms with Crippen molar-refractivity contribution < 1.29 is 9.53 Å². The molecule has 0 bridgehead atoms. The Morgan fingerprint density at radius 3 is 2.71 bits per heavy atom. The summed E-state index contributed by atoms with van der Waals surface area (Å²) in [7, 11) is 1.57. The largest absolute Gasteiger partial charge is 0.478 e. The Bertz CT molecular complexity index is 1500. The number of amides is 1. The molecule has 0 atom stereocenters. The number of fused-ring (bicyclic) bond motifs is 1. The second-order valence-corrected chi connectivity index (χ2v) is 8.48. The molecular formula is C24H22BrN5O4. The third-order valence-corrected chi connectivity index (χ3v) is 5.74. The van der Waals surface area contributed by atoms with Gasteiger partial charge in [0.25, 0.3) is 11.5 Å². The number of nitrogens with one attached hydrogen (secondary N) is 1. The van der Waals surface area contributed by atoms with Gasteiger partial charge in [-0.1, -0.05) is 28.1 Å². The van der Waals surface area contributed by atoms with E-state index in [9.17, 15) is 14.4 Å². The van der Waals surface area contributed by atoms with Gasteiger partial charge in [-0.15, -0.1) is 0 Å². The molecule has 3 aromatic heterocycles. The predicted octanol–water partition coefficient (Wildman–Crippen LogP) is 2.63. The monoisotopic (exact) mass is 523 g/mol. The minimum Gasteiger partial charge on any atom is -0.478 e. The van der Waals surface area contributed by atoms with Gasteiger partial charge in [0.2, 0.25) is 5.88 Å². The van der Waals surface area contributed by atoms with E-state index in [1.54, 1.807) is 25.4 Å². The van der Waals surface area contributed by atoms with Crippen LogP contribution in [0.4, 0.5) is 0 Å². The smallest absolute Gasteiger partial charge is 0.331 e. The fourth-order valence-electron chi connectivity index (χ4n) is 3.54. The number of aryl methyl sites for hydroxylation is 1. The molecule has 3 heterocycles. The number of hydrogen-bond acceptors (Lipinski definition) is 6. The van der Waals surface area contributed by atoms with Gasteiger partial charge in [-0.3, -0.25) is 18.7 Å². The van der Waals surface area contributed by atoms with Crippen molar-refractivity contribution >= 4 is 32.7 Å². The standard InChI is InChI=1S/C24H22BrN5O4/c1-3-34-21-10-15(7-8-26-21)12-28-22(31)19-11-18-20(13-27-19)29(2)24(33)30(23(18)32)14-16-5-4-6-17(25)9-16/h4-11,13H,3,12,14H2,1-2H3,(H,28,31). The van der Waals surface area contributed by atoms with Crippen LogP contribution in [-0.2, 0) is 20.1 Å². The zero-order chi connectivity index (χ0) is 24.2. The number of pyridine rings is 2. The van der Waals surface area contributed by atoms with Crippen molar-refractivity contribution in [2.24, 2.45) is 7.05 Å². The Hall–Kier alpha value is -3.79. The van der Waals surface area contributed by atoms with Gasteiger partial charge in [0.15, 0.2) is 0 Å². The quantitative estimate of drug-likeness (QED) is 0.398. The number of halogens is 1. The van der Waals surface area contributed by atoms with Gasteiger partial charge in [-0.05, 0) is 42.3 Å². The van der Waals surface area contributed by atoms with Crippen LogP contribution < -0.4 is 21.3 Å². The van der Waals surface area contributed by atoms with Gasteiger partial charge >= 0.3 is 5.69 Å². The Labute approximate surface area is 203 Å². The van der Waals surface area contributed by atoms with Crippen molar-refractivity contribution in [3.63, 3.8) is 0 Å². The molecule has 0 spiro atoms. The van der Waals surface area contributed by atoms with Crippen molar-refractivity contribution in [3.05, 3.63) is 97.0 Å². The Balaban J connectivity index is 1.63. The third-order valence-electron chi connectivity index (χ3n) is 5.24. The van der Waals surface area contributed by atoms with Gasteiger partial charge in [0, 0.05) is 30.3 Å². The van der Waals surface area contributed by atoms with Gasteiger partial charge in [0.05, 0.1) is 30.3 Å². The van der Waals surface area contributed by atoms with E-state index in [-0.39, 0.29) is 24.2 Å². The van der Waals surface area contributed by atoms with E-state index in [0.29, 0.717) is 18.0 Å². The molecule has 0 unspecified atom stereocenters. The normalized spacial score (nSPS) is 10.9. The summed E-state index contributed by atoms with van der Waals surface area (Å²) in [5, 5.41) is 3.02. The lowest BCUT2D eigenvalue weighted by Crippen LogP contribution is -2.39. The summed E-state index contributed by atoms with van der Waals surface area (Å²) in [5.74, 6) is 0.0356. The lowest BCUT2D eigenvalue weighted by atomic mass is 10.2. The molecular weight excluding hydrogens is 502 g/mol. The fraction of sp³-hybridized carbons (Fsp3) is 0.208. The predicted molar refractivity (Wildman–Crippen MR) is 131 cm³/mol. The lowest BCUT2D eigenvalue weighted by molar-refractivity contribution is 0.0946. The van der Waals surface area contributed by atoms with Gasteiger partial charge in [-0.25, -0.2) is 14.8 Å². The second kappa shape index (κ2) is 10.0. The zero-order valence-corrected chi connectivity index (χ0v) is 20.2. The van der Waals surface area contributed by atoms with E-state index >= 15 is 0 Å². The highest BCUT2D eigenvalue weighted by molar-refractivity contribution is 9.10. The second-order valence-electron chi connectivity index (χ2n) is 7.57. The maximum Gasteiger partial charge on any atom is 0.331 e. The molecule has 4 rings (SSSR count). The van der Waals surface area contributed by atoms with Crippen LogP contribution in [0.5, 0.6) is 5.88 Å². The summed E-state index contributed by atoms with van der Waals surface area (Å²) in [6, 6.07) is 12.3.